The SMILES string of the molecule is CC(=O)c1ncccc1C=O. The Morgan fingerprint density at radius 3 is 2.82 bits per heavy atom. The highest BCUT2D eigenvalue weighted by Gasteiger charge is 2.05. The Hall–Kier alpha value is -1.51. The molecule has 0 radical (unpaired) electrons. The van der Waals surface area contributed by atoms with Gasteiger partial charge in [0.2, 0.25) is 0 Å². The fourth-order valence-electron chi connectivity index (χ4n) is 0.807. The van der Waals surface area contributed by atoms with E-state index in [1.807, 2.05) is 0 Å². The first kappa shape index (κ1) is 7.60. The van der Waals surface area contributed by atoms with Crippen LogP contribution in [0.4, 0.5) is 0 Å². The van der Waals surface area contributed by atoms with Crippen molar-refractivity contribution in [3.05, 3.63) is 29.6 Å². The van der Waals surface area contributed by atoms with Gasteiger partial charge in [-0.2, -0.15) is 0 Å². The van der Waals surface area contributed by atoms with E-state index in [9.17, 15) is 9.59 Å². The smallest absolute Gasteiger partial charge is 0.178 e. The van der Waals surface area contributed by atoms with Gasteiger partial charge in [0, 0.05) is 18.7 Å². The fraction of sp³-hybridized carbons (Fsp3) is 0.125. The number of hydrogen-bond donors (Lipinski definition) is 0. The van der Waals surface area contributed by atoms with Gasteiger partial charge >= 0.3 is 0 Å². The molecule has 1 aromatic rings. The van der Waals surface area contributed by atoms with Crippen LogP contribution in [0.15, 0.2) is 18.3 Å². The number of hydrogen-bond acceptors (Lipinski definition) is 3. The quantitative estimate of drug-likeness (QED) is 0.467. The molecule has 1 rings (SSSR count). The maximum Gasteiger partial charge on any atom is 0.178 e. The van der Waals surface area contributed by atoms with Crippen molar-refractivity contribution in [2.45, 2.75) is 6.92 Å². The Balaban J connectivity index is 3.22. The van der Waals surface area contributed by atoms with E-state index in [1.54, 1.807) is 12.1 Å². The molecule has 0 saturated heterocycles. The van der Waals surface area contributed by atoms with Crippen LogP contribution in [-0.2, 0) is 0 Å². The van der Waals surface area contributed by atoms with E-state index in [4.69, 9.17) is 0 Å². The molecule has 0 atom stereocenters. The third-order valence-corrected chi connectivity index (χ3v) is 1.30. The van der Waals surface area contributed by atoms with E-state index in [-0.39, 0.29) is 11.5 Å². The van der Waals surface area contributed by atoms with Gasteiger partial charge in [-0.05, 0) is 12.1 Å². The van der Waals surface area contributed by atoms with Crippen LogP contribution in [0.1, 0.15) is 27.8 Å². The van der Waals surface area contributed by atoms with Crippen LogP contribution in [0.3, 0.4) is 0 Å². The second kappa shape index (κ2) is 3.05. The lowest BCUT2D eigenvalue weighted by molar-refractivity contribution is 0.100. The van der Waals surface area contributed by atoms with E-state index in [0.29, 0.717) is 11.8 Å². The molecule has 3 nitrogen and oxygen atoms in total. The van der Waals surface area contributed by atoms with E-state index in [0.717, 1.165) is 0 Å². The Morgan fingerprint density at radius 1 is 1.64 bits per heavy atom. The van der Waals surface area contributed by atoms with Crippen LogP contribution in [-0.4, -0.2) is 17.1 Å². The minimum atomic E-state index is -0.187. The predicted molar refractivity (Wildman–Crippen MR) is 39.6 cm³/mol. The molecule has 0 unspecified atom stereocenters. The minimum Gasteiger partial charge on any atom is -0.298 e. The maximum absolute atomic E-state index is 10.8. The number of aromatic nitrogens is 1. The van der Waals surface area contributed by atoms with Gasteiger partial charge in [-0.15, -0.1) is 0 Å². The van der Waals surface area contributed by atoms with E-state index < -0.39 is 0 Å². The van der Waals surface area contributed by atoms with Gasteiger partial charge < -0.3 is 0 Å². The summed E-state index contributed by atoms with van der Waals surface area (Å²) >= 11 is 0. The molecule has 0 amide bonds. The lowest BCUT2D eigenvalue weighted by atomic mass is 10.1. The zero-order valence-electron chi connectivity index (χ0n) is 6.07. The van der Waals surface area contributed by atoms with Gasteiger partial charge in [0.25, 0.3) is 0 Å². The second-order valence-electron chi connectivity index (χ2n) is 2.12. The molecule has 0 spiro atoms. The number of aldehydes is 1. The molecule has 0 aliphatic rings. The molecule has 3 heteroatoms. The molecule has 0 aliphatic heterocycles. The summed E-state index contributed by atoms with van der Waals surface area (Å²) in [5.41, 5.74) is 0.586. The first-order valence-corrected chi connectivity index (χ1v) is 3.17. The molecule has 0 aromatic carbocycles. The van der Waals surface area contributed by atoms with Crippen LogP contribution >= 0.6 is 0 Å². The van der Waals surface area contributed by atoms with Gasteiger partial charge in [0.05, 0.1) is 0 Å². The number of ketones is 1. The zero-order chi connectivity index (χ0) is 8.27. The van der Waals surface area contributed by atoms with Gasteiger partial charge in [-0.1, -0.05) is 0 Å². The Labute approximate surface area is 64.1 Å². The highest BCUT2D eigenvalue weighted by Crippen LogP contribution is 2.01. The maximum atomic E-state index is 10.8. The van der Waals surface area contributed by atoms with Crippen LogP contribution in [0.5, 0.6) is 0 Å². The van der Waals surface area contributed by atoms with Crippen molar-refractivity contribution in [2.75, 3.05) is 0 Å². The molecule has 11 heavy (non-hydrogen) atoms. The first-order valence-electron chi connectivity index (χ1n) is 3.17. The van der Waals surface area contributed by atoms with Crippen LogP contribution < -0.4 is 0 Å². The minimum absolute atomic E-state index is 0.187. The van der Waals surface area contributed by atoms with E-state index in [1.165, 1.54) is 13.1 Å². The number of pyridine rings is 1. The highest BCUT2D eigenvalue weighted by atomic mass is 16.1. The van der Waals surface area contributed by atoms with Crippen LogP contribution in [0.25, 0.3) is 0 Å². The Bertz CT molecular complexity index is 294. The Kier molecular flexibility index (Phi) is 2.11. The number of carbonyl (C=O) groups excluding carboxylic acids is 2. The summed E-state index contributed by atoms with van der Waals surface area (Å²) in [5, 5.41) is 0. The molecule has 1 aromatic heterocycles. The van der Waals surface area contributed by atoms with Crippen molar-refractivity contribution in [3.63, 3.8) is 0 Å². The van der Waals surface area contributed by atoms with Crippen molar-refractivity contribution in [3.8, 4) is 0 Å². The van der Waals surface area contributed by atoms with Crippen molar-refractivity contribution in [2.24, 2.45) is 0 Å². The predicted octanol–water partition coefficient (Wildman–Crippen LogP) is 1.10. The largest absolute Gasteiger partial charge is 0.298 e. The third-order valence-electron chi connectivity index (χ3n) is 1.30. The lowest BCUT2D eigenvalue weighted by Crippen LogP contribution is -2.01. The normalized spacial score (nSPS) is 9.18. The molecule has 1 heterocycles. The molecule has 0 fully saturated rings. The summed E-state index contributed by atoms with van der Waals surface area (Å²) in [6.45, 7) is 1.38. The average molecular weight is 149 g/mol. The Morgan fingerprint density at radius 2 is 2.36 bits per heavy atom. The van der Waals surface area contributed by atoms with Gasteiger partial charge in [-0.25, -0.2) is 0 Å². The highest BCUT2D eigenvalue weighted by molar-refractivity contribution is 5.99. The van der Waals surface area contributed by atoms with E-state index in [2.05, 4.69) is 4.98 Å². The van der Waals surface area contributed by atoms with Crippen molar-refractivity contribution < 1.29 is 9.59 Å². The second-order valence-corrected chi connectivity index (χ2v) is 2.12. The first-order chi connectivity index (χ1) is 5.25. The van der Waals surface area contributed by atoms with Gasteiger partial charge in [0.1, 0.15) is 5.69 Å². The summed E-state index contributed by atoms with van der Waals surface area (Å²) in [5.74, 6) is -0.187. The molecule has 0 saturated carbocycles. The zero-order valence-corrected chi connectivity index (χ0v) is 6.07. The summed E-state index contributed by atoms with van der Waals surface area (Å²) in [6.07, 6.45) is 2.12. The van der Waals surface area contributed by atoms with Crippen molar-refractivity contribution in [1.82, 2.24) is 4.98 Å². The van der Waals surface area contributed by atoms with Gasteiger partial charge in [-0.3, -0.25) is 14.6 Å². The van der Waals surface area contributed by atoms with Crippen LogP contribution in [0, 0.1) is 0 Å². The summed E-state index contributed by atoms with van der Waals surface area (Å²) < 4.78 is 0. The van der Waals surface area contributed by atoms with Crippen molar-refractivity contribution in [1.29, 1.82) is 0 Å². The third kappa shape index (κ3) is 1.49. The standard InChI is InChI=1S/C8H7NO2/c1-6(11)8-7(5-10)3-2-4-9-8/h2-5H,1H3. The topological polar surface area (TPSA) is 47.0 Å². The molecule has 0 aliphatic carbocycles. The van der Waals surface area contributed by atoms with Crippen LogP contribution in [0.2, 0.25) is 0 Å². The summed E-state index contributed by atoms with van der Waals surface area (Å²) in [6, 6.07) is 3.19. The number of rotatable bonds is 2. The number of carbonyl (C=O) groups is 2. The lowest BCUT2D eigenvalue weighted by Gasteiger charge is -1.95. The van der Waals surface area contributed by atoms with Crippen molar-refractivity contribution >= 4 is 12.1 Å². The number of nitrogens with zero attached hydrogens (tertiary/aromatic N) is 1. The molecule has 0 bridgehead atoms. The molecular weight excluding hydrogens is 142 g/mol. The number of Topliss-reactive ketones (excluding diaryl/α,β-unsaturated/α-hetero) is 1. The molecular formula is C8H7NO2. The average Bonchev–Trinajstić information content (AvgIpc) is 2.04. The van der Waals surface area contributed by atoms with E-state index >= 15 is 0 Å². The summed E-state index contributed by atoms with van der Waals surface area (Å²) in [7, 11) is 0. The molecule has 56 valence electrons. The fourth-order valence-corrected chi connectivity index (χ4v) is 0.807. The van der Waals surface area contributed by atoms with Gasteiger partial charge in [0.15, 0.2) is 12.1 Å². The monoisotopic (exact) mass is 149 g/mol. The molecule has 0 N–H and O–H groups in total. The summed E-state index contributed by atoms with van der Waals surface area (Å²) in [4.78, 5) is 24.9.